The molecule has 1 unspecified atom stereocenters. The van der Waals surface area contributed by atoms with Crippen molar-refractivity contribution in [1.29, 1.82) is 0 Å². The quantitative estimate of drug-likeness (QED) is 0.432. The van der Waals surface area contributed by atoms with Gasteiger partial charge in [0.15, 0.2) is 0 Å². The summed E-state index contributed by atoms with van der Waals surface area (Å²) in [4.78, 5) is 31.5. The Morgan fingerprint density at radius 2 is 1.94 bits per heavy atom. The van der Waals surface area contributed by atoms with E-state index in [1.807, 2.05) is 5.32 Å². The Balaban J connectivity index is 3.43. The van der Waals surface area contributed by atoms with E-state index >= 15 is 0 Å². The number of imide groups is 1. The second kappa shape index (κ2) is 7.94. The summed E-state index contributed by atoms with van der Waals surface area (Å²) in [5.41, 5.74) is 10.0. The SMILES string of the molecule is NC(=O)NC(=O)CCSCCC(N)C(=O)O. The Labute approximate surface area is 96.9 Å². The number of carboxylic acid groups (broad SMARTS) is 1. The molecule has 0 radical (unpaired) electrons. The number of aliphatic carboxylic acids is 1. The van der Waals surface area contributed by atoms with Crippen molar-refractivity contribution in [2.24, 2.45) is 11.5 Å². The summed E-state index contributed by atoms with van der Waals surface area (Å²) in [5, 5.41) is 10.4. The lowest BCUT2D eigenvalue weighted by Crippen LogP contribution is -2.35. The number of thioether (sulfide) groups is 1. The van der Waals surface area contributed by atoms with Crippen molar-refractivity contribution < 1.29 is 19.5 Å². The van der Waals surface area contributed by atoms with Gasteiger partial charge >= 0.3 is 12.0 Å². The van der Waals surface area contributed by atoms with E-state index in [1.165, 1.54) is 11.8 Å². The summed E-state index contributed by atoms with van der Waals surface area (Å²) < 4.78 is 0. The number of carbonyl (C=O) groups is 3. The summed E-state index contributed by atoms with van der Waals surface area (Å²) in [5.74, 6) is -0.433. The van der Waals surface area contributed by atoms with E-state index in [0.717, 1.165) is 0 Å². The van der Waals surface area contributed by atoms with E-state index < -0.39 is 23.9 Å². The molecule has 3 amide bonds. The van der Waals surface area contributed by atoms with Crippen LogP contribution in [0.5, 0.6) is 0 Å². The summed E-state index contributed by atoms with van der Waals surface area (Å²) in [7, 11) is 0. The van der Waals surface area contributed by atoms with Crippen LogP contribution in [0.4, 0.5) is 4.79 Å². The number of hydrogen-bond donors (Lipinski definition) is 4. The normalized spacial score (nSPS) is 11.8. The number of urea groups is 1. The summed E-state index contributed by atoms with van der Waals surface area (Å²) in [6.45, 7) is 0. The highest BCUT2D eigenvalue weighted by Crippen LogP contribution is 2.05. The van der Waals surface area contributed by atoms with E-state index in [-0.39, 0.29) is 6.42 Å². The fraction of sp³-hybridized carbons (Fsp3) is 0.625. The number of nitrogens with one attached hydrogen (secondary N) is 1. The number of carbonyl (C=O) groups excluding carboxylic acids is 2. The second-order valence-electron chi connectivity index (χ2n) is 3.01. The van der Waals surface area contributed by atoms with Crippen molar-refractivity contribution in [3.05, 3.63) is 0 Å². The molecule has 0 spiro atoms. The first-order valence-electron chi connectivity index (χ1n) is 4.59. The molecule has 92 valence electrons. The monoisotopic (exact) mass is 249 g/mol. The van der Waals surface area contributed by atoms with Crippen LogP contribution in [0.15, 0.2) is 0 Å². The van der Waals surface area contributed by atoms with E-state index in [0.29, 0.717) is 17.9 Å². The van der Waals surface area contributed by atoms with Crippen molar-refractivity contribution in [3.8, 4) is 0 Å². The zero-order valence-electron chi connectivity index (χ0n) is 8.64. The summed E-state index contributed by atoms with van der Waals surface area (Å²) in [6.07, 6.45) is 0.507. The number of amides is 3. The number of carboxylic acids is 1. The van der Waals surface area contributed by atoms with Crippen LogP contribution in [0.25, 0.3) is 0 Å². The van der Waals surface area contributed by atoms with Crippen molar-refractivity contribution in [2.45, 2.75) is 18.9 Å². The Hall–Kier alpha value is -1.28. The molecule has 0 saturated heterocycles. The molecule has 0 aromatic carbocycles. The summed E-state index contributed by atoms with van der Waals surface area (Å²) >= 11 is 1.40. The predicted molar refractivity (Wildman–Crippen MR) is 59.9 cm³/mol. The number of nitrogens with two attached hydrogens (primary N) is 2. The molecule has 1 atom stereocenters. The Morgan fingerprint density at radius 1 is 1.31 bits per heavy atom. The molecule has 8 heteroatoms. The van der Waals surface area contributed by atoms with Gasteiger partial charge in [-0.05, 0) is 12.2 Å². The molecule has 0 heterocycles. The number of rotatable bonds is 7. The highest BCUT2D eigenvalue weighted by atomic mass is 32.2. The fourth-order valence-electron chi connectivity index (χ4n) is 0.801. The van der Waals surface area contributed by atoms with E-state index in [2.05, 4.69) is 0 Å². The third-order valence-corrected chi connectivity index (χ3v) is 2.64. The van der Waals surface area contributed by atoms with Gasteiger partial charge in [-0.1, -0.05) is 0 Å². The number of hydrogen-bond acceptors (Lipinski definition) is 5. The van der Waals surface area contributed by atoms with Gasteiger partial charge in [-0.3, -0.25) is 14.9 Å². The van der Waals surface area contributed by atoms with E-state index in [1.54, 1.807) is 0 Å². The van der Waals surface area contributed by atoms with Gasteiger partial charge in [0.05, 0.1) is 0 Å². The third-order valence-electron chi connectivity index (χ3n) is 1.63. The van der Waals surface area contributed by atoms with E-state index in [9.17, 15) is 14.4 Å². The molecule has 0 saturated carbocycles. The van der Waals surface area contributed by atoms with Gasteiger partial charge in [0.25, 0.3) is 0 Å². The molecule has 0 aromatic rings. The lowest BCUT2D eigenvalue weighted by molar-refractivity contribution is -0.138. The number of primary amides is 1. The molecule has 0 aromatic heterocycles. The van der Waals surface area contributed by atoms with Gasteiger partial charge in [-0.2, -0.15) is 11.8 Å². The van der Waals surface area contributed by atoms with Gasteiger partial charge in [-0.25, -0.2) is 4.79 Å². The Bertz CT molecular complexity index is 272. The lowest BCUT2D eigenvalue weighted by atomic mass is 10.2. The molecule has 0 aliphatic carbocycles. The molecular formula is C8H15N3O4S. The maximum Gasteiger partial charge on any atom is 0.320 e. The van der Waals surface area contributed by atoms with E-state index in [4.69, 9.17) is 16.6 Å². The van der Waals surface area contributed by atoms with Crippen molar-refractivity contribution in [3.63, 3.8) is 0 Å². The zero-order valence-corrected chi connectivity index (χ0v) is 9.46. The van der Waals surface area contributed by atoms with Gasteiger partial charge < -0.3 is 16.6 Å². The van der Waals surface area contributed by atoms with Crippen LogP contribution < -0.4 is 16.8 Å². The van der Waals surface area contributed by atoms with Crippen LogP contribution in [0.2, 0.25) is 0 Å². The van der Waals surface area contributed by atoms with Crippen molar-refractivity contribution in [1.82, 2.24) is 5.32 Å². The third kappa shape index (κ3) is 8.06. The molecule has 6 N–H and O–H groups in total. The molecule has 0 fully saturated rings. The van der Waals surface area contributed by atoms with Gasteiger partial charge in [0, 0.05) is 12.2 Å². The van der Waals surface area contributed by atoms with Crippen LogP contribution in [0.1, 0.15) is 12.8 Å². The standard InChI is InChI=1S/C8H15N3O4S/c9-5(7(13)14)1-3-16-4-2-6(12)11-8(10)15/h5H,1-4,9H2,(H,13,14)(H3,10,11,12,15). The lowest BCUT2D eigenvalue weighted by Gasteiger charge is -2.05. The molecule has 0 aliphatic heterocycles. The predicted octanol–water partition coefficient (Wildman–Crippen LogP) is -0.893. The van der Waals surface area contributed by atoms with Crippen LogP contribution in [-0.2, 0) is 9.59 Å². The van der Waals surface area contributed by atoms with Crippen molar-refractivity contribution >= 4 is 29.7 Å². The minimum Gasteiger partial charge on any atom is -0.480 e. The molecule has 0 rings (SSSR count). The largest absolute Gasteiger partial charge is 0.480 e. The topological polar surface area (TPSA) is 136 Å². The molecule has 0 bridgehead atoms. The molecular weight excluding hydrogens is 234 g/mol. The van der Waals surface area contributed by atoms with Crippen LogP contribution in [-0.4, -0.2) is 40.6 Å². The molecule has 7 nitrogen and oxygen atoms in total. The average Bonchev–Trinajstić information content (AvgIpc) is 2.15. The Kier molecular flexibility index (Phi) is 7.31. The maximum atomic E-state index is 10.9. The minimum atomic E-state index is -1.04. The molecule has 0 aliphatic rings. The first-order chi connectivity index (χ1) is 7.43. The van der Waals surface area contributed by atoms with Gasteiger partial charge in [0.1, 0.15) is 6.04 Å². The zero-order chi connectivity index (χ0) is 12.6. The van der Waals surface area contributed by atoms with Gasteiger partial charge in [0.2, 0.25) is 5.91 Å². The highest BCUT2D eigenvalue weighted by molar-refractivity contribution is 7.99. The van der Waals surface area contributed by atoms with Crippen LogP contribution >= 0.6 is 11.8 Å². The minimum absolute atomic E-state index is 0.163. The first kappa shape index (κ1) is 14.7. The van der Waals surface area contributed by atoms with Crippen molar-refractivity contribution in [2.75, 3.05) is 11.5 Å². The average molecular weight is 249 g/mol. The highest BCUT2D eigenvalue weighted by Gasteiger charge is 2.10. The first-order valence-corrected chi connectivity index (χ1v) is 5.74. The summed E-state index contributed by atoms with van der Waals surface area (Å²) in [6, 6.07) is -1.74. The Morgan fingerprint density at radius 3 is 2.44 bits per heavy atom. The maximum absolute atomic E-state index is 10.9. The fourth-order valence-corrected chi connectivity index (χ4v) is 1.76. The van der Waals surface area contributed by atoms with Crippen LogP contribution in [0.3, 0.4) is 0 Å². The smallest absolute Gasteiger partial charge is 0.320 e. The van der Waals surface area contributed by atoms with Gasteiger partial charge in [-0.15, -0.1) is 0 Å². The second-order valence-corrected chi connectivity index (χ2v) is 4.23. The van der Waals surface area contributed by atoms with Crippen LogP contribution in [0, 0.1) is 0 Å². The molecule has 16 heavy (non-hydrogen) atoms.